The lowest BCUT2D eigenvalue weighted by Gasteiger charge is -2.11. The Hall–Kier alpha value is -1.73. The van der Waals surface area contributed by atoms with Gasteiger partial charge in [-0.1, -0.05) is 35.5 Å². The van der Waals surface area contributed by atoms with E-state index in [-0.39, 0.29) is 17.7 Å². The van der Waals surface area contributed by atoms with Gasteiger partial charge in [-0.25, -0.2) is 0 Å². The van der Waals surface area contributed by atoms with E-state index in [1.807, 2.05) is 19.9 Å². The standard InChI is InChI=1S/C13H16ClN5OS/c1-8(2)19-12(15)17-18-13(19)21-7-11(20)16-10-6-4-3-5-9(10)14/h3-6,8H,7H2,1-2H3,(H2,15,17)(H,16,20). The lowest BCUT2D eigenvalue weighted by molar-refractivity contribution is -0.113. The summed E-state index contributed by atoms with van der Waals surface area (Å²) < 4.78 is 1.79. The highest BCUT2D eigenvalue weighted by molar-refractivity contribution is 7.99. The molecule has 1 amide bonds. The van der Waals surface area contributed by atoms with Crippen LogP contribution in [-0.2, 0) is 4.79 Å². The van der Waals surface area contributed by atoms with E-state index < -0.39 is 0 Å². The number of carbonyl (C=O) groups excluding carboxylic acids is 1. The first kappa shape index (κ1) is 15.7. The third-order valence-electron chi connectivity index (χ3n) is 2.69. The number of aromatic nitrogens is 3. The summed E-state index contributed by atoms with van der Waals surface area (Å²) in [6.07, 6.45) is 0. The number of rotatable bonds is 5. The molecule has 1 heterocycles. The minimum atomic E-state index is -0.162. The number of anilines is 2. The van der Waals surface area contributed by atoms with Gasteiger partial charge in [-0.3, -0.25) is 9.36 Å². The molecule has 0 bridgehead atoms. The summed E-state index contributed by atoms with van der Waals surface area (Å²) in [6.45, 7) is 3.96. The van der Waals surface area contributed by atoms with Gasteiger partial charge in [0.15, 0.2) is 5.16 Å². The van der Waals surface area contributed by atoms with E-state index in [0.29, 0.717) is 21.8 Å². The molecule has 8 heteroatoms. The van der Waals surface area contributed by atoms with Gasteiger partial charge in [0.2, 0.25) is 11.9 Å². The highest BCUT2D eigenvalue weighted by Crippen LogP contribution is 2.24. The van der Waals surface area contributed by atoms with Crippen molar-refractivity contribution in [2.75, 3.05) is 16.8 Å². The van der Waals surface area contributed by atoms with Crippen molar-refractivity contribution in [3.8, 4) is 0 Å². The molecule has 0 aliphatic rings. The van der Waals surface area contributed by atoms with Crippen LogP contribution in [-0.4, -0.2) is 26.4 Å². The van der Waals surface area contributed by atoms with E-state index in [1.165, 1.54) is 11.8 Å². The Morgan fingerprint density at radius 2 is 2.14 bits per heavy atom. The van der Waals surface area contributed by atoms with Crippen LogP contribution in [0.4, 0.5) is 11.6 Å². The zero-order valence-corrected chi connectivity index (χ0v) is 13.3. The third kappa shape index (κ3) is 3.89. The Morgan fingerprint density at radius 1 is 1.43 bits per heavy atom. The van der Waals surface area contributed by atoms with Gasteiger partial charge < -0.3 is 11.1 Å². The van der Waals surface area contributed by atoms with E-state index in [1.54, 1.807) is 22.8 Å². The molecule has 6 nitrogen and oxygen atoms in total. The van der Waals surface area contributed by atoms with Crippen LogP contribution < -0.4 is 11.1 Å². The maximum absolute atomic E-state index is 11.9. The fourth-order valence-corrected chi connectivity index (χ4v) is 2.81. The van der Waals surface area contributed by atoms with Crippen LogP contribution in [0.2, 0.25) is 5.02 Å². The lowest BCUT2D eigenvalue weighted by atomic mass is 10.3. The van der Waals surface area contributed by atoms with E-state index in [2.05, 4.69) is 15.5 Å². The maximum atomic E-state index is 11.9. The van der Waals surface area contributed by atoms with Crippen molar-refractivity contribution >= 4 is 40.9 Å². The maximum Gasteiger partial charge on any atom is 0.234 e. The molecule has 0 saturated heterocycles. The number of carbonyl (C=O) groups is 1. The fraction of sp³-hybridized carbons (Fsp3) is 0.308. The molecular formula is C13H16ClN5OS. The highest BCUT2D eigenvalue weighted by atomic mass is 35.5. The second-order valence-electron chi connectivity index (χ2n) is 4.62. The predicted molar refractivity (Wildman–Crippen MR) is 85.6 cm³/mol. The summed E-state index contributed by atoms with van der Waals surface area (Å²) in [5.41, 5.74) is 6.34. The first-order valence-electron chi connectivity index (χ1n) is 6.36. The monoisotopic (exact) mass is 325 g/mol. The van der Waals surface area contributed by atoms with Gasteiger partial charge in [-0.15, -0.1) is 10.2 Å². The number of hydrogen-bond acceptors (Lipinski definition) is 5. The van der Waals surface area contributed by atoms with Crippen LogP contribution in [0.1, 0.15) is 19.9 Å². The lowest BCUT2D eigenvalue weighted by Crippen LogP contribution is -2.15. The normalized spacial score (nSPS) is 10.9. The van der Waals surface area contributed by atoms with Gasteiger partial charge in [-0.05, 0) is 26.0 Å². The molecule has 1 aromatic heterocycles. The quantitative estimate of drug-likeness (QED) is 0.825. The van der Waals surface area contributed by atoms with Crippen molar-refractivity contribution < 1.29 is 4.79 Å². The SMILES string of the molecule is CC(C)n1c(N)nnc1SCC(=O)Nc1ccccc1Cl. The number of thioether (sulfide) groups is 1. The summed E-state index contributed by atoms with van der Waals surface area (Å²) >= 11 is 7.27. The van der Waals surface area contributed by atoms with Gasteiger partial charge in [-0.2, -0.15) is 0 Å². The molecule has 2 aromatic rings. The van der Waals surface area contributed by atoms with Crippen molar-refractivity contribution in [1.29, 1.82) is 0 Å². The average Bonchev–Trinajstić information content (AvgIpc) is 2.80. The Balaban J connectivity index is 1.98. The Bertz CT molecular complexity index is 643. The first-order chi connectivity index (χ1) is 9.99. The van der Waals surface area contributed by atoms with Gasteiger partial charge in [0.25, 0.3) is 0 Å². The highest BCUT2D eigenvalue weighted by Gasteiger charge is 2.14. The number of amides is 1. The topological polar surface area (TPSA) is 85.8 Å². The van der Waals surface area contributed by atoms with Crippen LogP contribution in [0.5, 0.6) is 0 Å². The van der Waals surface area contributed by atoms with Gasteiger partial charge in [0, 0.05) is 6.04 Å². The van der Waals surface area contributed by atoms with E-state index in [0.717, 1.165) is 0 Å². The predicted octanol–water partition coefficient (Wildman–Crippen LogP) is 2.83. The van der Waals surface area contributed by atoms with E-state index >= 15 is 0 Å². The first-order valence-corrected chi connectivity index (χ1v) is 7.73. The van der Waals surface area contributed by atoms with E-state index in [4.69, 9.17) is 17.3 Å². The minimum absolute atomic E-state index is 0.133. The van der Waals surface area contributed by atoms with Crippen molar-refractivity contribution in [2.45, 2.75) is 25.0 Å². The summed E-state index contributed by atoms with van der Waals surface area (Å²) in [5, 5.41) is 11.7. The van der Waals surface area contributed by atoms with Crippen LogP contribution in [0.25, 0.3) is 0 Å². The number of nitrogens with zero attached hydrogens (tertiary/aromatic N) is 3. The van der Waals surface area contributed by atoms with Crippen LogP contribution in [0, 0.1) is 0 Å². The number of para-hydroxylation sites is 1. The van der Waals surface area contributed by atoms with E-state index in [9.17, 15) is 4.79 Å². The number of benzene rings is 1. The second kappa shape index (κ2) is 6.82. The smallest absolute Gasteiger partial charge is 0.234 e. The van der Waals surface area contributed by atoms with Crippen LogP contribution in [0.3, 0.4) is 0 Å². The second-order valence-corrected chi connectivity index (χ2v) is 5.97. The molecule has 21 heavy (non-hydrogen) atoms. The minimum Gasteiger partial charge on any atom is -0.368 e. The molecule has 0 aliphatic carbocycles. The Labute approximate surface area is 132 Å². The third-order valence-corrected chi connectivity index (χ3v) is 3.96. The molecule has 2 rings (SSSR count). The number of halogens is 1. The Kier molecular flexibility index (Phi) is 5.08. The number of hydrogen-bond donors (Lipinski definition) is 2. The molecule has 1 aromatic carbocycles. The van der Waals surface area contributed by atoms with Crippen molar-refractivity contribution in [2.24, 2.45) is 0 Å². The molecule has 0 aliphatic heterocycles. The van der Waals surface area contributed by atoms with Gasteiger partial charge >= 0.3 is 0 Å². The van der Waals surface area contributed by atoms with Crippen molar-refractivity contribution in [1.82, 2.24) is 14.8 Å². The largest absolute Gasteiger partial charge is 0.368 e. The fourth-order valence-electron chi connectivity index (χ4n) is 1.75. The summed E-state index contributed by atoms with van der Waals surface area (Å²) in [7, 11) is 0. The summed E-state index contributed by atoms with van der Waals surface area (Å²) in [6, 6.07) is 7.22. The zero-order valence-electron chi connectivity index (χ0n) is 11.7. The average molecular weight is 326 g/mol. The summed E-state index contributed by atoms with van der Waals surface area (Å²) in [5.74, 6) is 0.389. The molecule has 3 N–H and O–H groups in total. The van der Waals surface area contributed by atoms with Crippen LogP contribution in [0.15, 0.2) is 29.4 Å². The summed E-state index contributed by atoms with van der Waals surface area (Å²) in [4.78, 5) is 11.9. The van der Waals surface area contributed by atoms with Crippen LogP contribution >= 0.6 is 23.4 Å². The van der Waals surface area contributed by atoms with Gasteiger partial charge in [0.05, 0.1) is 16.5 Å². The molecule has 112 valence electrons. The number of nitrogens with two attached hydrogens (primary N) is 1. The molecule has 0 radical (unpaired) electrons. The molecule has 0 unspecified atom stereocenters. The molecule has 0 saturated carbocycles. The molecule has 0 fully saturated rings. The number of nitrogen functional groups attached to an aromatic ring is 1. The molecule has 0 atom stereocenters. The van der Waals surface area contributed by atoms with Crippen molar-refractivity contribution in [3.05, 3.63) is 29.3 Å². The van der Waals surface area contributed by atoms with Gasteiger partial charge in [0.1, 0.15) is 0 Å². The number of nitrogens with one attached hydrogen (secondary N) is 1. The Morgan fingerprint density at radius 3 is 2.81 bits per heavy atom. The molecule has 0 spiro atoms. The zero-order chi connectivity index (χ0) is 15.4. The molecular weight excluding hydrogens is 310 g/mol. The van der Waals surface area contributed by atoms with Crippen molar-refractivity contribution in [3.63, 3.8) is 0 Å².